The van der Waals surface area contributed by atoms with Crippen molar-refractivity contribution >= 4 is 22.5 Å². The Labute approximate surface area is 153 Å². The van der Waals surface area contributed by atoms with Crippen LogP contribution in [0.4, 0.5) is 5.69 Å². The summed E-state index contributed by atoms with van der Waals surface area (Å²) in [7, 11) is 1.67. The van der Waals surface area contributed by atoms with Crippen molar-refractivity contribution in [3.05, 3.63) is 64.8 Å². The molecule has 0 spiro atoms. The Balaban J connectivity index is 1.77. The van der Waals surface area contributed by atoms with E-state index in [-0.39, 0.29) is 5.91 Å². The summed E-state index contributed by atoms with van der Waals surface area (Å²) in [5.41, 5.74) is 5.67. The first kappa shape index (κ1) is 16.6. The van der Waals surface area contributed by atoms with Crippen molar-refractivity contribution in [1.29, 1.82) is 0 Å². The summed E-state index contributed by atoms with van der Waals surface area (Å²) < 4.78 is 5.33. The molecule has 132 valence electrons. The molecular formula is C22H22N2O2. The minimum absolute atomic E-state index is 0.0181. The molecule has 4 heteroatoms. The number of pyridine rings is 1. The lowest BCUT2D eigenvalue weighted by atomic mass is 9.99. The Morgan fingerprint density at radius 2 is 1.96 bits per heavy atom. The number of ether oxygens (including phenoxy) is 1. The van der Waals surface area contributed by atoms with Gasteiger partial charge in [-0.3, -0.25) is 9.78 Å². The number of fused-ring (bicyclic) bond motifs is 2. The SMILES string of the molecule is COc1ccc2c(c1)CCCN2C(=O)c1cc2cc(C)ccc2nc1C. The quantitative estimate of drug-likeness (QED) is 0.688. The summed E-state index contributed by atoms with van der Waals surface area (Å²) in [4.78, 5) is 19.8. The summed E-state index contributed by atoms with van der Waals surface area (Å²) in [5.74, 6) is 0.849. The van der Waals surface area contributed by atoms with Crippen LogP contribution in [0.15, 0.2) is 42.5 Å². The van der Waals surface area contributed by atoms with E-state index in [1.807, 2.05) is 48.2 Å². The van der Waals surface area contributed by atoms with Gasteiger partial charge >= 0.3 is 0 Å². The largest absolute Gasteiger partial charge is 0.497 e. The predicted octanol–water partition coefficient (Wildman–Crippen LogP) is 4.45. The molecule has 1 amide bonds. The Morgan fingerprint density at radius 3 is 2.77 bits per heavy atom. The lowest BCUT2D eigenvalue weighted by molar-refractivity contribution is 0.0984. The summed E-state index contributed by atoms with van der Waals surface area (Å²) >= 11 is 0. The van der Waals surface area contributed by atoms with Crippen molar-refractivity contribution in [2.45, 2.75) is 26.7 Å². The van der Waals surface area contributed by atoms with Crippen molar-refractivity contribution in [2.75, 3.05) is 18.6 Å². The molecule has 0 saturated carbocycles. The number of hydrogen-bond donors (Lipinski definition) is 0. The normalized spacial score (nSPS) is 13.6. The maximum absolute atomic E-state index is 13.3. The Morgan fingerprint density at radius 1 is 1.12 bits per heavy atom. The summed E-state index contributed by atoms with van der Waals surface area (Å²) in [6, 6.07) is 14.0. The van der Waals surface area contributed by atoms with Crippen molar-refractivity contribution < 1.29 is 9.53 Å². The van der Waals surface area contributed by atoms with Crippen molar-refractivity contribution in [2.24, 2.45) is 0 Å². The second kappa shape index (κ2) is 6.45. The monoisotopic (exact) mass is 346 g/mol. The zero-order chi connectivity index (χ0) is 18.3. The molecule has 0 N–H and O–H groups in total. The number of rotatable bonds is 2. The van der Waals surface area contributed by atoms with Gasteiger partial charge in [-0.05, 0) is 68.7 Å². The Hall–Kier alpha value is -2.88. The maximum Gasteiger partial charge on any atom is 0.260 e. The Kier molecular flexibility index (Phi) is 4.11. The van der Waals surface area contributed by atoms with E-state index in [1.165, 1.54) is 0 Å². The van der Waals surface area contributed by atoms with Gasteiger partial charge in [0.05, 0.1) is 23.9 Å². The smallest absolute Gasteiger partial charge is 0.260 e. The van der Waals surface area contributed by atoms with E-state index in [2.05, 4.69) is 18.0 Å². The number of carbonyl (C=O) groups excluding carboxylic acids is 1. The summed E-state index contributed by atoms with van der Waals surface area (Å²) in [5, 5.41) is 1.01. The van der Waals surface area contributed by atoms with Gasteiger partial charge < -0.3 is 9.64 Å². The van der Waals surface area contributed by atoms with E-state index >= 15 is 0 Å². The van der Waals surface area contributed by atoms with E-state index in [0.717, 1.165) is 58.5 Å². The van der Waals surface area contributed by atoms with Gasteiger partial charge in [0.15, 0.2) is 0 Å². The third kappa shape index (κ3) is 2.81. The van der Waals surface area contributed by atoms with Gasteiger partial charge in [-0.1, -0.05) is 11.6 Å². The van der Waals surface area contributed by atoms with Gasteiger partial charge in [0.2, 0.25) is 0 Å². The third-order valence-corrected chi connectivity index (χ3v) is 5.04. The summed E-state index contributed by atoms with van der Waals surface area (Å²) in [6.45, 7) is 4.68. The van der Waals surface area contributed by atoms with Crippen LogP contribution in [0.1, 0.15) is 33.6 Å². The maximum atomic E-state index is 13.3. The van der Waals surface area contributed by atoms with Gasteiger partial charge in [0, 0.05) is 17.6 Å². The fourth-order valence-electron chi connectivity index (χ4n) is 3.67. The number of aromatic nitrogens is 1. The van der Waals surface area contributed by atoms with E-state index < -0.39 is 0 Å². The van der Waals surface area contributed by atoms with Crippen LogP contribution in [0.5, 0.6) is 5.75 Å². The zero-order valence-electron chi connectivity index (χ0n) is 15.4. The average Bonchev–Trinajstić information content (AvgIpc) is 2.66. The van der Waals surface area contributed by atoms with E-state index in [4.69, 9.17) is 4.74 Å². The minimum atomic E-state index is 0.0181. The number of methoxy groups -OCH3 is 1. The predicted molar refractivity (Wildman–Crippen MR) is 104 cm³/mol. The number of hydrogen-bond acceptors (Lipinski definition) is 3. The lowest BCUT2D eigenvalue weighted by Gasteiger charge is -2.30. The van der Waals surface area contributed by atoms with Gasteiger partial charge in [0.1, 0.15) is 5.75 Å². The van der Waals surface area contributed by atoms with Crippen LogP contribution >= 0.6 is 0 Å². The molecule has 2 heterocycles. The highest BCUT2D eigenvalue weighted by molar-refractivity contribution is 6.09. The number of benzene rings is 2. The van der Waals surface area contributed by atoms with Crippen molar-refractivity contribution in [3.8, 4) is 5.75 Å². The van der Waals surface area contributed by atoms with Crippen LogP contribution in [0.3, 0.4) is 0 Å². The van der Waals surface area contributed by atoms with Crippen LogP contribution in [0.2, 0.25) is 0 Å². The van der Waals surface area contributed by atoms with E-state index in [0.29, 0.717) is 5.56 Å². The number of aryl methyl sites for hydroxylation is 3. The molecule has 1 aliphatic heterocycles. The van der Waals surface area contributed by atoms with Gasteiger partial charge in [0.25, 0.3) is 5.91 Å². The first-order valence-corrected chi connectivity index (χ1v) is 8.93. The second-order valence-electron chi connectivity index (χ2n) is 6.87. The van der Waals surface area contributed by atoms with Gasteiger partial charge in [-0.25, -0.2) is 0 Å². The zero-order valence-corrected chi connectivity index (χ0v) is 15.4. The van der Waals surface area contributed by atoms with E-state index in [9.17, 15) is 4.79 Å². The molecule has 2 aromatic carbocycles. The van der Waals surface area contributed by atoms with Crippen LogP contribution in [-0.2, 0) is 6.42 Å². The van der Waals surface area contributed by atoms with Crippen LogP contribution in [-0.4, -0.2) is 24.5 Å². The highest BCUT2D eigenvalue weighted by Crippen LogP contribution is 2.32. The Bertz CT molecular complexity index is 1010. The van der Waals surface area contributed by atoms with Gasteiger partial charge in [-0.2, -0.15) is 0 Å². The highest BCUT2D eigenvalue weighted by Gasteiger charge is 2.25. The number of amides is 1. The minimum Gasteiger partial charge on any atom is -0.497 e. The van der Waals surface area contributed by atoms with E-state index in [1.54, 1.807) is 7.11 Å². The molecule has 0 fully saturated rings. The number of anilines is 1. The third-order valence-electron chi connectivity index (χ3n) is 5.04. The fraction of sp³-hybridized carbons (Fsp3) is 0.273. The van der Waals surface area contributed by atoms with Crippen LogP contribution in [0.25, 0.3) is 10.9 Å². The molecule has 0 bridgehead atoms. The molecule has 1 aromatic heterocycles. The fourth-order valence-corrected chi connectivity index (χ4v) is 3.67. The molecule has 0 aliphatic carbocycles. The molecule has 0 saturated heterocycles. The molecular weight excluding hydrogens is 324 g/mol. The summed E-state index contributed by atoms with van der Waals surface area (Å²) in [6.07, 6.45) is 1.91. The van der Waals surface area contributed by atoms with Gasteiger partial charge in [-0.15, -0.1) is 0 Å². The molecule has 4 rings (SSSR count). The van der Waals surface area contributed by atoms with Crippen molar-refractivity contribution in [3.63, 3.8) is 0 Å². The number of carbonyl (C=O) groups is 1. The standard InChI is InChI=1S/C22H22N2O2/c1-14-6-8-20-17(11-14)13-19(15(2)23-20)22(25)24-10-4-5-16-12-18(26-3)7-9-21(16)24/h6-9,11-13H,4-5,10H2,1-3H3. The molecule has 1 aliphatic rings. The molecule has 0 unspecified atom stereocenters. The van der Waals surface area contributed by atoms with Crippen LogP contribution in [0, 0.1) is 13.8 Å². The van der Waals surface area contributed by atoms with Crippen molar-refractivity contribution in [1.82, 2.24) is 4.98 Å². The molecule has 4 nitrogen and oxygen atoms in total. The lowest BCUT2D eigenvalue weighted by Crippen LogP contribution is -2.36. The topological polar surface area (TPSA) is 42.4 Å². The van der Waals surface area contributed by atoms with Crippen LogP contribution < -0.4 is 9.64 Å². The first-order valence-electron chi connectivity index (χ1n) is 8.93. The average molecular weight is 346 g/mol. The molecule has 0 radical (unpaired) electrons. The highest BCUT2D eigenvalue weighted by atomic mass is 16.5. The molecule has 0 atom stereocenters. The number of nitrogens with zero attached hydrogens (tertiary/aromatic N) is 2. The second-order valence-corrected chi connectivity index (χ2v) is 6.87. The first-order chi connectivity index (χ1) is 12.6. The molecule has 3 aromatic rings. The molecule has 26 heavy (non-hydrogen) atoms.